The van der Waals surface area contributed by atoms with Crippen molar-refractivity contribution in [3.8, 4) is 5.75 Å². The van der Waals surface area contributed by atoms with Gasteiger partial charge >= 0.3 is 5.97 Å². The first-order valence-corrected chi connectivity index (χ1v) is 11.9. The van der Waals surface area contributed by atoms with Crippen LogP contribution in [0.25, 0.3) is 0 Å². The molecule has 36 heavy (non-hydrogen) atoms. The van der Waals surface area contributed by atoms with Crippen molar-refractivity contribution >= 4 is 39.4 Å². The van der Waals surface area contributed by atoms with E-state index in [1.807, 2.05) is 0 Å². The van der Waals surface area contributed by atoms with Gasteiger partial charge in [0.1, 0.15) is 5.75 Å². The number of methoxy groups -OCH3 is 1. The van der Waals surface area contributed by atoms with E-state index in [1.54, 1.807) is 0 Å². The topological polar surface area (TPSA) is 173 Å². The molecule has 4 N–H and O–H groups in total. The van der Waals surface area contributed by atoms with Gasteiger partial charge in [-0.05, 0) is 54.1 Å². The van der Waals surface area contributed by atoms with E-state index < -0.39 is 33.7 Å². The Labute approximate surface area is 205 Å². The molecule has 0 aromatic heterocycles. The second-order valence-corrected chi connectivity index (χ2v) is 9.38. The van der Waals surface area contributed by atoms with Crippen molar-refractivity contribution in [1.82, 2.24) is 4.90 Å². The summed E-state index contributed by atoms with van der Waals surface area (Å²) in [5.41, 5.74) is 0.503. The van der Waals surface area contributed by atoms with Crippen LogP contribution >= 0.6 is 0 Å². The van der Waals surface area contributed by atoms with Crippen LogP contribution in [0.3, 0.4) is 0 Å². The van der Waals surface area contributed by atoms with E-state index in [-0.39, 0.29) is 39.4 Å². The molecule has 0 radical (unpaired) electrons. The number of carboxylic acid groups (broad SMARTS) is 1. The molecule has 3 amide bonds. The normalized spacial score (nSPS) is 12.9. The number of amides is 3. The molecule has 0 unspecified atom stereocenters. The van der Waals surface area contributed by atoms with Gasteiger partial charge < -0.3 is 15.2 Å². The minimum Gasteiger partial charge on any atom is -0.497 e. The summed E-state index contributed by atoms with van der Waals surface area (Å²) in [7, 11) is -2.50. The predicted octanol–water partition coefficient (Wildman–Crippen LogP) is 2.09. The number of nitrogens with two attached hydrogens (primary N) is 1. The van der Waals surface area contributed by atoms with Gasteiger partial charge in [-0.3, -0.25) is 19.3 Å². The van der Waals surface area contributed by atoms with Gasteiger partial charge in [0, 0.05) is 5.56 Å². The fourth-order valence-corrected chi connectivity index (χ4v) is 4.19. The molecule has 0 saturated heterocycles. The first-order chi connectivity index (χ1) is 17.0. The molecule has 1 aliphatic heterocycles. The fraction of sp³-hybridized carbons (Fsp3) is 0.0833. The van der Waals surface area contributed by atoms with E-state index in [9.17, 15) is 32.7 Å². The molecule has 0 aliphatic carbocycles. The number of hydrogen-bond donors (Lipinski definition) is 3. The maximum Gasteiger partial charge on any atom is 0.337 e. The molecule has 0 bridgehead atoms. The lowest BCUT2D eigenvalue weighted by atomic mass is 10.0. The number of anilines is 1. The highest BCUT2D eigenvalue weighted by Crippen LogP contribution is 2.27. The Morgan fingerprint density at radius 2 is 1.64 bits per heavy atom. The van der Waals surface area contributed by atoms with Gasteiger partial charge in [-0.1, -0.05) is 12.1 Å². The number of ether oxygens (including phenoxy) is 1. The highest BCUT2D eigenvalue weighted by atomic mass is 32.2. The smallest absolute Gasteiger partial charge is 0.337 e. The molecule has 0 saturated carbocycles. The van der Waals surface area contributed by atoms with Crippen molar-refractivity contribution in [2.45, 2.75) is 11.4 Å². The Kier molecular flexibility index (Phi) is 6.31. The Balaban J connectivity index is 1.55. The highest BCUT2D eigenvalue weighted by molar-refractivity contribution is 7.89. The summed E-state index contributed by atoms with van der Waals surface area (Å²) in [6, 6.07) is 13.5. The number of aromatic carboxylic acids is 1. The van der Waals surface area contributed by atoms with Crippen molar-refractivity contribution < 1.29 is 37.4 Å². The average molecular weight is 509 g/mol. The summed E-state index contributed by atoms with van der Waals surface area (Å²) < 4.78 is 27.8. The number of fused-ring (bicyclic) bond motifs is 1. The van der Waals surface area contributed by atoms with Crippen LogP contribution in [0.15, 0.2) is 65.6 Å². The first-order valence-electron chi connectivity index (χ1n) is 10.3. The van der Waals surface area contributed by atoms with Crippen LogP contribution in [-0.4, -0.2) is 49.2 Å². The molecule has 1 aliphatic rings. The highest BCUT2D eigenvalue weighted by Gasteiger charge is 2.36. The zero-order valence-electron chi connectivity index (χ0n) is 18.7. The largest absolute Gasteiger partial charge is 0.497 e. The van der Waals surface area contributed by atoms with Gasteiger partial charge in [0.2, 0.25) is 10.0 Å². The molecule has 3 aromatic carbocycles. The van der Waals surface area contributed by atoms with Crippen LogP contribution < -0.4 is 15.2 Å². The zero-order chi connectivity index (χ0) is 26.2. The molecular formula is C24H19N3O8S. The van der Waals surface area contributed by atoms with E-state index in [2.05, 4.69) is 5.32 Å². The summed E-state index contributed by atoms with van der Waals surface area (Å²) in [5.74, 6) is -2.85. The monoisotopic (exact) mass is 509 g/mol. The number of hydrogen-bond acceptors (Lipinski definition) is 7. The molecule has 11 nitrogen and oxygen atoms in total. The van der Waals surface area contributed by atoms with Gasteiger partial charge in [-0.2, -0.15) is 0 Å². The minimum absolute atomic E-state index is 0.0157. The lowest BCUT2D eigenvalue weighted by molar-refractivity contribution is 0.0639. The molecule has 12 heteroatoms. The Morgan fingerprint density at radius 1 is 0.972 bits per heavy atom. The SMILES string of the molecule is COc1ccc(NC(=O)c2ccc3c(c2)C(=O)N(Cc2ccc(S(N)(=O)=O)cc2)C3=O)c(C(=O)O)c1. The maximum atomic E-state index is 13.0. The number of carbonyl (C=O) groups excluding carboxylic acids is 3. The molecule has 0 fully saturated rings. The summed E-state index contributed by atoms with van der Waals surface area (Å²) in [6.07, 6.45) is 0. The van der Waals surface area contributed by atoms with E-state index in [4.69, 9.17) is 9.88 Å². The van der Waals surface area contributed by atoms with Crippen LogP contribution in [0.1, 0.15) is 47.0 Å². The average Bonchev–Trinajstić information content (AvgIpc) is 3.08. The van der Waals surface area contributed by atoms with Crippen LogP contribution in [0, 0.1) is 0 Å². The number of imide groups is 1. The van der Waals surface area contributed by atoms with Crippen molar-refractivity contribution in [1.29, 1.82) is 0 Å². The molecule has 184 valence electrons. The minimum atomic E-state index is -3.88. The summed E-state index contributed by atoms with van der Waals surface area (Å²) in [4.78, 5) is 51.0. The third kappa shape index (κ3) is 4.67. The van der Waals surface area contributed by atoms with Gasteiger partial charge in [-0.25, -0.2) is 18.4 Å². The second kappa shape index (κ2) is 9.24. The summed E-state index contributed by atoms with van der Waals surface area (Å²) >= 11 is 0. The van der Waals surface area contributed by atoms with Gasteiger partial charge in [-0.15, -0.1) is 0 Å². The number of nitrogens with zero attached hydrogens (tertiary/aromatic N) is 1. The third-order valence-electron chi connectivity index (χ3n) is 5.53. The number of carboxylic acids is 1. The second-order valence-electron chi connectivity index (χ2n) is 7.82. The Morgan fingerprint density at radius 3 is 2.25 bits per heavy atom. The van der Waals surface area contributed by atoms with E-state index in [0.717, 1.165) is 4.90 Å². The van der Waals surface area contributed by atoms with Crippen molar-refractivity contribution in [2.75, 3.05) is 12.4 Å². The van der Waals surface area contributed by atoms with Crippen molar-refractivity contribution in [3.05, 3.63) is 88.5 Å². The summed E-state index contributed by atoms with van der Waals surface area (Å²) in [5, 5.41) is 17.0. The number of carbonyl (C=O) groups is 4. The van der Waals surface area contributed by atoms with E-state index in [0.29, 0.717) is 11.3 Å². The van der Waals surface area contributed by atoms with Gasteiger partial charge in [0.15, 0.2) is 0 Å². The molecule has 3 aromatic rings. The van der Waals surface area contributed by atoms with Gasteiger partial charge in [0.05, 0.1) is 40.9 Å². The number of rotatable bonds is 7. The third-order valence-corrected chi connectivity index (χ3v) is 6.46. The first kappa shape index (κ1) is 24.6. The van der Waals surface area contributed by atoms with Gasteiger partial charge in [0.25, 0.3) is 17.7 Å². The van der Waals surface area contributed by atoms with E-state index >= 15 is 0 Å². The standard InChI is InChI=1S/C24H19N3O8S/c1-35-15-5-9-20(19(11-15)24(31)32)26-21(28)14-4-8-17-18(10-14)23(30)27(22(17)29)12-13-2-6-16(7-3-13)36(25,33)34/h2-11H,12H2,1H3,(H,26,28)(H,31,32)(H2,25,33,34). The van der Waals surface area contributed by atoms with Crippen LogP contribution in [0.4, 0.5) is 5.69 Å². The maximum absolute atomic E-state index is 13.0. The quantitative estimate of drug-likeness (QED) is 0.406. The Bertz CT molecular complexity index is 1530. The Hall–Kier alpha value is -4.55. The predicted molar refractivity (Wildman–Crippen MR) is 126 cm³/mol. The number of primary sulfonamides is 1. The number of sulfonamides is 1. The number of nitrogens with one attached hydrogen (secondary N) is 1. The van der Waals surface area contributed by atoms with E-state index in [1.165, 1.54) is 67.8 Å². The molecule has 0 atom stereocenters. The zero-order valence-corrected chi connectivity index (χ0v) is 19.5. The van der Waals surface area contributed by atoms with Crippen LogP contribution in [0.2, 0.25) is 0 Å². The fourth-order valence-electron chi connectivity index (χ4n) is 3.67. The molecule has 1 heterocycles. The molecule has 0 spiro atoms. The lowest BCUT2D eigenvalue weighted by Crippen LogP contribution is -2.29. The van der Waals surface area contributed by atoms with Crippen LogP contribution in [-0.2, 0) is 16.6 Å². The number of benzene rings is 3. The summed E-state index contributed by atoms with van der Waals surface area (Å²) in [6.45, 7) is -0.118. The molecular weight excluding hydrogens is 490 g/mol. The van der Waals surface area contributed by atoms with Crippen molar-refractivity contribution in [3.63, 3.8) is 0 Å². The lowest BCUT2D eigenvalue weighted by Gasteiger charge is -2.14. The van der Waals surface area contributed by atoms with Crippen molar-refractivity contribution in [2.24, 2.45) is 5.14 Å². The molecule has 4 rings (SSSR count). The van der Waals surface area contributed by atoms with Crippen LogP contribution in [0.5, 0.6) is 5.75 Å².